The summed E-state index contributed by atoms with van der Waals surface area (Å²) < 4.78 is 0. The van der Waals surface area contributed by atoms with E-state index in [2.05, 4.69) is 69.2 Å². The highest BCUT2D eigenvalue weighted by Gasteiger charge is 2.34. The molecule has 3 heteroatoms. The summed E-state index contributed by atoms with van der Waals surface area (Å²) in [6, 6.07) is 8.89. The number of nitrogens with zero attached hydrogens (tertiary/aromatic N) is 1. The Balaban J connectivity index is 3.03. The summed E-state index contributed by atoms with van der Waals surface area (Å²) in [5.74, 6) is 5.83. The topological polar surface area (TPSA) is 41.3 Å². The molecule has 0 fully saturated rings. The molecular formula is C16H29N3. The molecule has 1 rings (SSSR count). The van der Waals surface area contributed by atoms with Gasteiger partial charge < -0.3 is 0 Å². The van der Waals surface area contributed by atoms with E-state index < -0.39 is 0 Å². The Hall–Kier alpha value is -0.900. The molecule has 0 spiro atoms. The van der Waals surface area contributed by atoms with Crippen LogP contribution in [0.2, 0.25) is 0 Å². The zero-order valence-corrected chi connectivity index (χ0v) is 13.0. The van der Waals surface area contributed by atoms with E-state index in [0.29, 0.717) is 0 Å². The molecule has 0 radical (unpaired) electrons. The van der Waals surface area contributed by atoms with E-state index in [1.165, 1.54) is 11.1 Å². The first-order chi connectivity index (χ1) is 9.01. The Kier molecular flexibility index (Phi) is 5.98. The normalized spacial score (nSPS) is 13.8. The van der Waals surface area contributed by atoms with Gasteiger partial charge in [0, 0.05) is 5.54 Å². The molecule has 3 N–H and O–H groups in total. The highest BCUT2D eigenvalue weighted by atomic mass is 15.3. The number of hydrogen-bond donors (Lipinski definition) is 2. The van der Waals surface area contributed by atoms with Crippen molar-refractivity contribution in [3.63, 3.8) is 0 Å². The van der Waals surface area contributed by atoms with Crippen molar-refractivity contribution in [2.75, 3.05) is 13.1 Å². The van der Waals surface area contributed by atoms with Crippen LogP contribution in [0.4, 0.5) is 0 Å². The smallest absolute Gasteiger partial charge is 0.0638 e. The largest absolute Gasteiger partial charge is 0.297 e. The predicted molar refractivity (Wildman–Crippen MR) is 82.9 cm³/mol. The summed E-state index contributed by atoms with van der Waals surface area (Å²) in [5.41, 5.74) is 5.59. The fourth-order valence-electron chi connectivity index (χ4n) is 2.88. The zero-order chi connectivity index (χ0) is 14.5. The van der Waals surface area contributed by atoms with Crippen molar-refractivity contribution in [2.24, 2.45) is 5.84 Å². The summed E-state index contributed by atoms with van der Waals surface area (Å²) >= 11 is 0. The molecule has 0 aromatic heterocycles. The number of aryl methyl sites for hydroxylation is 1. The van der Waals surface area contributed by atoms with Crippen LogP contribution in [0.3, 0.4) is 0 Å². The number of benzene rings is 1. The van der Waals surface area contributed by atoms with E-state index in [-0.39, 0.29) is 11.6 Å². The maximum absolute atomic E-state index is 5.83. The van der Waals surface area contributed by atoms with Gasteiger partial charge in [0.25, 0.3) is 0 Å². The number of nitrogens with one attached hydrogen (secondary N) is 1. The number of hydrazine groups is 1. The van der Waals surface area contributed by atoms with Gasteiger partial charge in [0.05, 0.1) is 6.04 Å². The van der Waals surface area contributed by atoms with Crippen molar-refractivity contribution in [2.45, 2.75) is 52.6 Å². The minimum absolute atomic E-state index is 0.0218. The SMILES string of the molecule is CCc1ccc(C(NN)C(C)(C)N(CC)CC)cc1. The number of rotatable bonds is 7. The van der Waals surface area contributed by atoms with Crippen molar-refractivity contribution in [1.82, 2.24) is 10.3 Å². The third-order valence-electron chi connectivity index (χ3n) is 4.17. The summed E-state index contributed by atoms with van der Waals surface area (Å²) in [5, 5.41) is 0. The lowest BCUT2D eigenvalue weighted by molar-refractivity contribution is 0.0912. The molecule has 1 aromatic rings. The average Bonchev–Trinajstić information content (AvgIpc) is 2.41. The number of hydrogen-bond acceptors (Lipinski definition) is 3. The second kappa shape index (κ2) is 7.04. The lowest BCUT2D eigenvalue weighted by atomic mass is 9.86. The van der Waals surface area contributed by atoms with Gasteiger partial charge in [0.2, 0.25) is 0 Å². The molecule has 1 aromatic carbocycles. The molecule has 19 heavy (non-hydrogen) atoms. The van der Waals surface area contributed by atoms with Gasteiger partial charge in [-0.05, 0) is 44.5 Å². The van der Waals surface area contributed by atoms with Crippen LogP contribution in [-0.2, 0) is 6.42 Å². The van der Waals surface area contributed by atoms with Gasteiger partial charge in [-0.15, -0.1) is 0 Å². The fourth-order valence-corrected chi connectivity index (χ4v) is 2.88. The van der Waals surface area contributed by atoms with Crippen molar-refractivity contribution in [3.8, 4) is 0 Å². The fraction of sp³-hybridized carbons (Fsp3) is 0.625. The molecule has 0 bridgehead atoms. The summed E-state index contributed by atoms with van der Waals surface area (Å²) in [7, 11) is 0. The molecule has 3 nitrogen and oxygen atoms in total. The van der Waals surface area contributed by atoms with E-state index in [4.69, 9.17) is 5.84 Å². The zero-order valence-electron chi connectivity index (χ0n) is 13.0. The van der Waals surface area contributed by atoms with Crippen LogP contribution in [0.25, 0.3) is 0 Å². The second-order valence-corrected chi connectivity index (χ2v) is 5.52. The highest BCUT2D eigenvalue weighted by molar-refractivity contribution is 5.27. The lowest BCUT2D eigenvalue weighted by Crippen LogP contribution is -2.54. The van der Waals surface area contributed by atoms with Crippen LogP contribution in [0.15, 0.2) is 24.3 Å². The first kappa shape index (κ1) is 16.2. The van der Waals surface area contributed by atoms with Crippen LogP contribution < -0.4 is 11.3 Å². The van der Waals surface area contributed by atoms with Gasteiger partial charge in [0.15, 0.2) is 0 Å². The summed E-state index contributed by atoms with van der Waals surface area (Å²) in [6.07, 6.45) is 1.07. The average molecular weight is 263 g/mol. The Bertz CT molecular complexity index is 366. The molecule has 0 heterocycles. The van der Waals surface area contributed by atoms with E-state index in [9.17, 15) is 0 Å². The van der Waals surface area contributed by atoms with Crippen LogP contribution in [0.1, 0.15) is 51.8 Å². The van der Waals surface area contributed by atoms with Gasteiger partial charge in [-0.25, -0.2) is 0 Å². The minimum Gasteiger partial charge on any atom is -0.297 e. The van der Waals surface area contributed by atoms with E-state index >= 15 is 0 Å². The minimum atomic E-state index is -0.0218. The Labute approximate surface area is 118 Å². The summed E-state index contributed by atoms with van der Waals surface area (Å²) in [4.78, 5) is 2.44. The van der Waals surface area contributed by atoms with Crippen molar-refractivity contribution >= 4 is 0 Å². The van der Waals surface area contributed by atoms with E-state index in [1.807, 2.05) is 0 Å². The van der Waals surface area contributed by atoms with E-state index in [1.54, 1.807) is 0 Å². The van der Waals surface area contributed by atoms with Crippen LogP contribution in [0.5, 0.6) is 0 Å². The molecule has 108 valence electrons. The second-order valence-electron chi connectivity index (χ2n) is 5.52. The maximum atomic E-state index is 5.83. The quantitative estimate of drug-likeness (QED) is 0.587. The third kappa shape index (κ3) is 3.56. The maximum Gasteiger partial charge on any atom is 0.0638 e. The molecule has 0 aliphatic carbocycles. The van der Waals surface area contributed by atoms with E-state index in [0.717, 1.165) is 19.5 Å². The van der Waals surface area contributed by atoms with Gasteiger partial charge in [-0.2, -0.15) is 0 Å². The van der Waals surface area contributed by atoms with Gasteiger partial charge >= 0.3 is 0 Å². The highest BCUT2D eigenvalue weighted by Crippen LogP contribution is 2.30. The van der Waals surface area contributed by atoms with Gasteiger partial charge in [-0.1, -0.05) is 45.0 Å². The Morgan fingerprint density at radius 1 is 1.11 bits per heavy atom. The number of nitrogens with two attached hydrogens (primary N) is 1. The van der Waals surface area contributed by atoms with Gasteiger partial charge in [0.1, 0.15) is 0 Å². The molecule has 1 atom stereocenters. The molecule has 0 saturated heterocycles. The van der Waals surface area contributed by atoms with Crippen molar-refractivity contribution in [1.29, 1.82) is 0 Å². The van der Waals surface area contributed by atoms with Crippen LogP contribution >= 0.6 is 0 Å². The molecule has 0 aliphatic rings. The first-order valence-electron chi connectivity index (χ1n) is 7.31. The summed E-state index contributed by atoms with van der Waals surface area (Å²) in [6.45, 7) is 13.1. The molecule has 0 amide bonds. The predicted octanol–water partition coefficient (Wildman–Crippen LogP) is 2.87. The standard InChI is InChI=1S/C16H29N3/c1-6-13-9-11-14(12-10-13)15(18-17)16(4,5)19(7-2)8-3/h9-12,15,18H,6-8,17H2,1-5H3. The van der Waals surface area contributed by atoms with Crippen molar-refractivity contribution in [3.05, 3.63) is 35.4 Å². The third-order valence-corrected chi connectivity index (χ3v) is 4.17. The first-order valence-corrected chi connectivity index (χ1v) is 7.31. The molecule has 0 saturated carbocycles. The van der Waals surface area contributed by atoms with Crippen LogP contribution in [0, 0.1) is 0 Å². The molecule has 1 unspecified atom stereocenters. The Morgan fingerprint density at radius 2 is 1.63 bits per heavy atom. The van der Waals surface area contributed by atoms with Crippen molar-refractivity contribution < 1.29 is 0 Å². The lowest BCUT2D eigenvalue weighted by Gasteiger charge is -2.43. The van der Waals surface area contributed by atoms with Crippen LogP contribution in [-0.4, -0.2) is 23.5 Å². The molecule has 0 aliphatic heterocycles. The molecular weight excluding hydrogens is 234 g/mol. The monoisotopic (exact) mass is 263 g/mol. The number of likely N-dealkylation sites (N-methyl/N-ethyl adjacent to an activating group) is 1. The Morgan fingerprint density at radius 3 is 2.00 bits per heavy atom. The van der Waals surface area contributed by atoms with Gasteiger partial charge in [-0.3, -0.25) is 16.2 Å².